The molecule has 1 aromatic heterocycles. The summed E-state index contributed by atoms with van der Waals surface area (Å²) in [6, 6.07) is 0.401. The molecule has 0 saturated heterocycles. The number of aromatic nitrogens is 2. The molecular weight excluding hydrogens is 230 g/mol. The SMILES string of the molecule is CCNC(CC)c1cnn(CCOCCOC)c1. The van der Waals surface area contributed by atoms with Gasteiger partial charge in [0, 0.05) is 24.9 Å². The van der Waals surface area contributed by atoms with Crippen molar-refractivity contribution >= 4 is 0 Å². The van der Waals surface area contributed by atoms with E-state index < -0.39 is 0 Å². The molecule has 0 bridgehead atoms. The van der Waals surface area contributed by atoms with Crippen molar-refractivity contribution in [2.75, 3.05) is 33.5 Å². The Morgan fingerprint density at radius 3 is 2.83 bits per heavy atom. The largest absolute Gasteiger partial charge is 0.382 e. The number of hydrogen-bond acceptors (Lipinski definition) is 4. The molecule has 1 atom stereocenters. The molecule has 0 aliphatic carbocycles. The average Bonchev–Trinajstić information content (AvgIpc) is 2.84. The van der Waals surface area contributed by atoms with Gasteiger partial charge in [-0.15, -0.1) is 0 Å². The van der Waals surface area contributed by atoms with Crippen LogP contribution in [-0.2, 0) is 16.0 Å². The Labute approximate surface area is 109 Å². The van der Waals surface area contributed by atoms with Gasteiger partial charge in [0.1, 0.15) is 0 Å². The van der Waals surface area contributed by atoms with Crippen LogP contribution in [0, 0.1) is 0 Å². The molecule has 5 nitrogen and oxygen atoms in total. The van der Waals surface area contributed by atoms with Crippen LogP contribution in [0.15, 0.2) is 12.4 Å². The summed E-state index contributed by atoms with van der Waals surface area (Å²) in [6.07, 6.45) is 5.10. The number of nitrogens with one attached hydrogen (secondary N) is 1. The highest BCUT2D eigenvalue weighted by atomic mass is 16.5. The topological polar surface area (TPSA) is 48.3 Å². The standard InChI is InChI=1S/C13H25N3O2/c1-4-13(14-5-2)12-10-15-16(11-12)6-7-18-9-8-17-3/h10-11,13-14H,4-9H2,1-3H3. The van der Waals surface area contributed by atoms with Crippen molar-refractivity contribution in [2.45, 2.75) is 32.9 Å². The molecule has 1 rings (SSSR count). The highest BCUT2D eigenvalue weighted by Gasteiger charge is 2.09. The molecule has 1 heterocycles. The lowest BCUT2D eigenvalue weighted by atomic mass is 10.1. The minimum Gasteiger partial charge on any atom is -0.382 e. The van der Waals surface area contributed by atoms with Crippen LogP contribution in [0.2, 0.25) is 0 Å². The quantitative estimate of drug-likeness (QED) is 0.645. The van der Waals surface area contributed by atoms with E-state index >= 15 is 0 Å². The van der Waals surface area contributed by atoms with E-state index in [1.807, 2.05) is 10.9 Å². The van der Waals surface area contributed by atoms with E-state index in [2.05, 4.69) is 30.5 Å². The maximum atomic E-state index is 5.42. The first-order chi connectivity index (χ1) is 8.81. The van der Waals surface area contributed by atoms with Gasteiger partial charge >= 0.3 is 0 Å². The van der Waals surface area contributed by atoms with E-state index in [1.165, 1.54) is 5.56 Å². The first kappa shape index (κ1) is 15.1. The fourth-order valence-corrected chi connectivity index (χ4v) is 1.83. The molecule has 0 amide bonds. The van der Waals surface area contributed by atoms with Crippen molar-refractivity contribution in [1.82, 2.24) is 15.1 Å². The maximum Gasteiger partial charge on any atom is 0.0701 e. The van der Waals surface area contributed by atoms with Crippen LogP contribution < -0.4 is 5.32 Å². The summed E-state index contributed by atoms with van der Waals surface area (Å²) in [5, 5.41) is 7.80. The van der Waals surface area contributed by atoms with Crippen molar-refractivity contribution in [1.29, 1.82) is 0 Å². The van der Waals surface area contributed by atoms with Gasteiger partial charge in [-0.25, -0.2) is 0 Å². The molecule has 1 unspecified atom stereocenters. The minimum atomic E-state index is 0.401. The minimum absolute atomic E-state index is 0.401. The summed E-state index contributed by atoms with van der Waals surface area (Å²) >= 11 is 0. The number of ether oxygens (including phenoxy) is 2. The van der Waals surface area contributed by atoms with E-state index in [1.54, 1.807) is 7.11 Å². The fraction of sp³-hybridized carbons (Fsp3) is 0.769. The number of rotatable bonds is 10. The van der Waals surface area contributed by atoms with Crippen molar-refractivity contribution in [3.8, 4) is 0 Å². The Hall–Kier alpha value is -0.910. The number of nitrogens with zero attached hydrogens (tertiary/aromatic N) is 2. The van der Waals surface area contributed by atoms with Gasteiger partial charge < -0.3 is 14.8 Å². The molecule has 0 fully saturated rings. The highest BCUT2D eigenvalue weighted by molar-refractivity contribution is 5.10. The van der Waals surface area contributed by atoms with Crippen molar-refractivity contribution in [3.05, 3.63) is 18.0 Å². The van der Waals surface area contributed by atoms with Gasteiger partial charge in [0.2, 0.25) is 0 Å². The zero-order valence-corrected chi connectivity index (χ0v) is 11.7. The lowest BCUT2D eigenvalue weighted by Crippen LogP contribution is -2.19. The van der Waals surface area contributed by atoms with E-state index in [9.17, 15) is 0 Å². The van der Waals surface area contributed by atoms with Gasteiger partial charge in [0.15, 0.2) is 0 Å². The van der Waals surface area contributed by atoms with Crippen LogP contribution in [0.25, 0.3) is 0 Å². The van der Waals surface area contributed by atoms with Crippen LogP contribution in [0.4, 0.5) is 0 Å². The summed E-state index contributed by atoms with van der Waals surface area (Å²) in [6.45, 7) is 8.01. The summed E-state index contributed by atoms with van der Waals surface area (Å²) in [5.41, 5.74) is 1.25. The van der Waals surface area contributed by atoms with Crippen molar-refractivity contribution < 1.29 is 9.47 Å². The van der Waals surface area contributed by atoms with Gasteiger partial charge in [-0.3, -0.25) is 4.68 Å². The summed E-state index contributed by atoms with van der Waals surface area (Å²) in [5.74, 6) is 0. The molecule has 0 saturated carbocycles. The molecule has 0 aromatic carbocycles. The van der Waals surface area contributed by atoms with E-state index in [4.69, 9.17) is 9.47 Å². The van der Waals surface area contributed by atoms with Gasteiger partial charge in [0.25, 0.3) is 0 Å². The molecule has 0 aliphatic rings. The second-order valence-electron chi connectivity index (χ2n) is 4.16. The van der Waals surface area contributed by atoms with Crippen molar-refractivity contribution in [2.24, 2.45) is 0 Å². The molecule has 18 heavy (non-hydrogen) atoms. The Morgan fingerprint density at radius 2 is 2.17 bits per heavy atom. The third-order valence-corrected chi connectivity index (χ3v) is 2.81. The predicted octanol–water partition coefficient (Wildman–Crippen LogP) is 1.61. The Morgan fingerprint density at radius 1 is 1.33 bits per heavy atom. The van der Waals surface area contributed by atoms with Crippen LogP contribution in [0.1, 0.15) is 31.9 Å². The summed E-state index contributed by atoms with van der Waals surface area (Å²) in [4.78, 5) is 0. The Balaban J connectivity index is 2.33. The first-order valence-electron chi connectivity index (χ1n) is 6.64. The molecule has 1 aromatic rings. The molecule has 104 valence electrons. The predicted molar refractivity (Wildman–Crippen MR) is 71.6 cm³/mol. The van der Waals surface area contributed by atoms with Crippen LogP contribution in [0.5, 0.6) is 0 Å². The summed E-state index contributed by atoms with van der Waals surface area (Å²) in [7, 11) is 1.68. The third-order valence-electron chi connectivity index (χ3n) is 2.81. The van der Waals surface area contributed by atoms with Gasteiger partial charge in [-0.1, -0.05) is 13.8 Å². The van der Waals surface area contributed by atoms with Gasteiger partial charge in [-0.2, -0.15) is 5.10 Å². The van der Waals surface area contributed by atoms with Crippen LogP contribution in [0.3, 0.4) is 0 Å². The second-order valence-corrected chi connectivity index (χ2v) is 4.16. The second kappa shape index (κ2) is 9.08. The first-order valence-corrected chi connectivity index (χ1v) is 6.64. The molecule has 0 aliphatic heterocycles. The summed E-state index contributed by atoms with van der Waals surface area (Å²) < 4.78 is 12.3. The normalized spacial score (nSPS) is 12.8. The fourth-order valence-electron chi connectivity index (χ4n) is 1.83. The Bertz CT molecular complexity index is 315. The van der Waals surface area contributed by atoms with Gasteiger partial charge in [0.05, 0.1) is 32.6 Å². The number of hydrogen-bond donors (Lipinski definition) is 1. The van der Waals surface area contributed by atoms with Crippen LogP contribution >= 0.6 is 0 Å². The average molecular weight is 255 g/mol. The lowest BCUT2D eigenvalue weighted by Gasteiger charge is -2.13. The van der Waals surface area contributed by atoms with E-state index in [-0.39, 0.29) is 0 Å². The zero-order valence-electron chi connectivity index (χ0n) is 11.7. The van der Waals surface area contributed by atoms with E-state index in [0.29, 0.717) is 25.9 Å². The Kier molecular flexibility index (Phi) is 7.64. The highest BCUT2D eigenvalue weighted by Crippen LogP contribution is 2.15. The van der Waals surface area contributed by atoms with Crippen molar-refractivity contribution in [3.63, 3.8) is 0 Å². The smallest absolute Gasteiger partial charge is 0.0701 e. The van der Waals surface area contributed by atoms with Gasteiger partial charge in [-0.05, 0) is 13.0 Å². The third kappa shape index (κ3) is 5.16. The molecule has 0 radical (unpaired) electrons. The monoisotopic (exact) mass is 255 g/mol. The maximum absolute atomic E-state index is 5.42. The lowest BCUT2D eigenvalue weighted by molar-refractivity contribution is 0.0654. The molecule has 0 spiro atoms. The molecule has 5 heteroatoms. The van der Waals surface area contributed by atoms with E-state index in [0.717, 1.165) is 19.5 Å². The molecular formula is C13H25N3O2. The molecule has 1 N–H and O–H groups in total. The number of methoxy groups -OCH3 is 1. The zero-order chi connectivity index (χ0) is 13.2. The van der Waals surface area contributed by atoms with Crippen LogP contribution in [-0.4, -0.2) is 43.3 Å².